The van der Waals surface area contributed by atoms with Crippen LogP contribution < -0.4 is 10.1 Å². The van der Waals surface area contributed by atoms with Gasteiger partial charge in [0.05, 0.1) is 29.2 Å². The minimum Gasteiger partial charge on any atom is -0.490 e. The van der Waals surface area contributed by atoms with Crippen molar-refractivity contribution in [2.75, 3.05) is 11.9 Å². The minimum atomic E-state index is -0.0966. The number of rotatable bonds is 7. The van der Waals surface area contributed by atoms with Gasteiger partial charge in [-0.1, -0.05) is 35.9 Å². The monoisotopic (exact) mass is 369 g/mol. The van der Waals surface area contributed by atoms with Crippen molar-refractivity contribution < 1.29 is 9.53 Å². The number of nitrogens with zero attached hydrogens (tertiary/aromatic N) is 2. The summed E-state index contributed by atoms with van der Waals surface area (Å²) in [6, 6.07) is 15.2. The first kappa shape index (κ1) is 18.0. The number of amides is 1. The van der Waals surface area contributed by atoms with E-state index in [2.05, 4.69) is 10.4 Å². The number of carbonyl (C=O) groups is 1. The van der Waals surface area contributed by atoms with Crippen LogP contribution in [-0.2, 0) is 11.2 Å². The maximum absolute atomic E-state index is 12.3. The molecule has 1 amide bonds. The van der Waals surface area contributed by atoms with Gasteiger partial charge in [0.2, 0.25) is 5.91 Å². The second-order valence-electron chi connectivity index (χ2n) is 5.73. The Morgan fingerprint density at radius 1 is 1.19 bits per heavy atom. The van der Waals surface area contributed by atoms with Crippen LogP contribution in [-0.4, -0.2) is 22.3 Å². The third-order valence-corrected chi connectivity index (χ3v) is 4.12. The van der Waals surface area contributed by atoms with Gasteiger partial charge in [0.15, 0.2) is 5.75 Å². The van der Waals surface area contributed by atoms with Crippen molar-refractivity contribution in [2.24, 2.45) is 0 Å². The largest absolute Gasteiger partial charge is 0.490 e. The van der Waals surface area contributed by atoms with E-state index in [-0.39, 0.29) is 5.91 Å². The molecule has 3 rings (SSSR count). The first-order chi connectivity index (χ1) is 12.7. The van der Waals surface area contributed by atoms with Gasteiger partial charge in [-0.05, 0) is 43.2 Å². The van der Waals surface area contributed by atoms with Gasteiger partial charge in [0.25, 0.3) is 0 Å². The van der Waals surface area contributed by atoms with Crippen molar-refractivity contribution in [1.82, 2.24) is 9.78 Å². The summed E-state index contributed by atoms with van der Waals surface area (Å²) in [6.07, 6.45) is 4.67. The molecule has 2 aromatic carbocycles. The molecule has 0 aliphatic rings. The predicted molar refractivity (Wildman–Crippen MR) is 103 cm³/mol. The van der Waals surface area contributed by atoms with E-state index in [1.165, 1.54) is 0 Å². The molecule has 0 aliphatic heterocycles. The van der Waals surface area contributed by atoms with Gasteiger partial charge in [-0.3, -0.25) is 4.79 Å². The maximum Gasteiger partial charge on any atom is 0.224 e. The molecule has 1 aromatic heterocycles. The first-order valence-corrected chi connectivity index (χ1v) is 8.85. The lowest BCUT2D eigenvalue weighted by Gasteiger charge is -2.12. The molecule has 6 heteroatoms. The number of aryl methyl sites for hydroxylation is 1. The van der Waals surface area contributed by atoms with Gasteiger partial charge in [-0.15, -0.1) is 0 Å². The summed E-state index contributed by atoms with van der Waals surface area (Å²) in [4.78, 5) is 12.3. The van der Waals surface area contributed by atoms with Crippen LogP contribution in [0, 0.1) is 0 Å². The maximum atomic E-state index is 12.3. The van der Waals surface area contributed by atoms with E-state index >= 15 is 0 Å². The Balaban J connectivity index is 1.60. The minimum absolute atomic E-state index is 0.0966. The molecular weight excluding hydrogens is 350 g/mol. The average Bonchev–Trinajstić information content (AvgIpc) is 3.13. The zero-order valence-corrected chi connectivity index (χ0v) is 15.2. The Morgan fingerprint density at radius 2 is 2.00 bits per heavy atom. The highest BCUT2D eigenvalue weighted by atomic mass is 35.5. The van der Waals surface area contributed by atoms with Crippen molar-refractivity contribution >= 4 is 23.2 Å². The lowest BCUT2D eigenvalue weighted by molar-refractivity contribution is -0.116. The molecule has 134 valence electrons. The zero-order chi connectivity index (χ0) is 18.4. The van der Waals surface area contributed by atoms with Gasteiger partial charge in [0, 0.05) is 12.6 Å². The molecule has 0 fully saturated rings. The number of carbonyl (C=O) groups excluding carboxylic acids is 1. The summed E-state index contributed by atoms with van der Waals surface area (Å²) >= 11 is 6.14. The van der Waals surface area contributed by atoms with Crippen LogP contribution in [0.3, 0.4) is 0 Å². The van der Waals surface area contributed by atoms with Gasteiger partial charge < -0.3 is 10.1 Å². The highest BCUT2D eigenvalue weighted by Gasteiger charge is 2.11. The topological polar surface area (TPSA) is 56.1 Å². The highest BCUT2D eigenvalue weighted by molar-refractivity contribution is 6.32. The standard InChI is InChI=1S/C20H20ClN3O2/c1-2-26-20-17(21)9-6-10-18(20)23-19(25)12-11-15-13-22-24(14-15)16-7-4-3-5-8-16/h3-10,13-14H,2,11-12H2,1H3,(H,23,25). The Hall–Kier alpha value is -2.79. The van der Waals surface area contributed by atoms with Gasteiger partial charge >= 0.3 is 0 Å². The number of benzene rings is 2. The fraction of sp³-hybridized carbons (Fsp3) is 0.200. The molecule has 1 heterocycles. The van der Waals surface area contributed by atoms with E-state index in [1.54, 1.807) is 29.1 Å². The van der Waals surface area contributed by atoms with Crippen molar-refractivity contribution in [3.63, 3.8) is 0 Å². The molecule has 0 bridgehead atoms. The summed E-state index contributed by atoms with van der Waals surface area (Å²) in [7, 11) is 0. The Kier molecular flexibility index (Phi) is 5.92. The third-order valence-electron chi connectivity index (χ3n) is 3.83. The van der Waals surface area contributed by atoms with Gasteiger partial charge in [-0.25, -0.2) is 4.68 Å². The zero-order valence-electron chi connectivity index (χ0n) is 14.5. The highest BCUT2D eigenvalue weighted by Crippen LogP contribution is 2.33. The van der Waals surface area contributed by atoms with Crippen LogP contribution in [0.5, 0.6) is 5.75 Å². The first-order valence-electron chi connectivity index (χ1n) is 8.47. The molecule has 3 aromatic rings. The number of hydrogen-bond donors (Lipinski definition) is 1. The summed E-state index contributed by atoms with van der Waals surface area (Å²) < 4.78 is 7.33. The summed E-state index contributed by atoms with van der Waals surface area (Å²) in [6.45, 7) is 2.35. The van der Waals surface area contributed by atoms with Crippen LogP contribution in [0.4, 0.5) is 5.69 Å². The van der Waals surface area contributed by atoms with E-state index in [0.29, 0.717) is 35.9 Å². The number of nitrogens with one attached hydrogen (secondary N) is 1. The van der Waals surface area contributed by atoms with Crippen LogP contribution in [0.15, 0.2) is 60.9 Å². The molecule has 0 aliphatic carbocycles. The molecule has 1 N–H and O–H groups in total. The number of ether oxygens (including phenoxy) is 1. The molecule has 0 radical (unpaired) electrons. The van der Waals surface area contributed by atoms with Crippen molar-refractivity contribution in [2.45, 2.75) is 19.8 Å². The molecule has 0 unspecified atom stereocenters. The average molecular weight is 370 g/mol. The fourth-order valence-corrected chi connectivity index (χ4v) is 2.81. The Bertz CT molecular complexity index is 878. The lowest BCUT2D eigenvalue weighted by Crippen LogP contribution is -2.13. The van der Waals surface area contributed by atoms with Gasteiger partial charge in [0.1, 0.15) is 0 Å². The fourth-order valence-electron chi connectivity index (χ4n) is 2.58. The quantitative estimate of drug-likeness (QED) is 0.667. The smallest absolute Gasteiger partial charge is 0.224 e. The second-order valence-corrected chi connectivity index (χ2v) is 6.13. The molecule has 26 heavy (non-hydrogen) atoms. The summed E-state index contributed by atoms with van der Waals surface area (Å²) in [5, 5.41) is 7.70. The molecule has 0 atom stereocenters. The molecule has 0 spiro atoms. The number of anilines is 1. The molecule has 0 saturated heterocycles. The Morgan fingerprint density at radius 3 is 2.77 bits per heavy atom. The van der Waals surface area contributed by atoms with Crippen LogP contribution in [0.25, 0.3) is 5.69 Å². The van der Waals surface area contributed by atoms with Crippen LogP contribution in [0.1, 0.15) is 18.9 Å². The normalized spacial score (nSPS) is 10.5. The van der Waals surface area contributed by atoms with Crippen LogP contribution >= 0.6 is 11.6 Å². The van der Waals surface area contributed by atoms with E-state index < -0.39 is 0 Å². The van der Waals surface area contributed by atoms with E-state index in [9.17, 15) is 4.79 Å². The second kappa shape index (κ2) is 8.54. The van der Waals surface area contributed by atoms with Crippen molar-refractivity contribution in [1.29, 1.82) is 0 Å². The molecule has 0 saturated carbocycles. The number of halogens is 1. The third kappa shape index (κ3) is 4.43. The number of para-hydroxylation sites is 2. The van der Waals surface area contributed by atoms with Crippen LogP contribution in [0.2, 0.25) is 5.02 Å². The van der Waals surface area contributed by atoms with E-state index in [1.807, 2.05) is 43.5 Å². The number of aromatic nitrogens is 2. The molecular formula is C20H20ClN3O2. The lowest BCUT2D eigenvalue weighted by atomic mass is 10.2. The predicted octanol–water partition coefficient (Wildman–Crippen LogP) is 4.50. The number of hydrogen-bond acceptors (Lipinski definition) is 3. The van der Waals surface area contributed by atoms with E-state index in [0.717, 1.165) is 11.3 Å². The van der Waals surface area contributed by atoms with Crippen molar-refractivity contribution in [3.05, 3.63) is 71.5 Å². The Labute approximate surface area is 157 Å². The van der Waals surface area contributed by atoms with Gasteiger partial charge in [-0.2, -0.15) is 5.10 Å². The van der Waals surface area contributed by atoms with E-state index in [4.69, 9.17) is 16.3 Å². The summed E-state index contributed by atoms with van der Waals surface area (Å²) in [5.41, 5.74) is 2.58. The molecule has 5 nitrogen and oxygen atoms in total. The van der Waals surface area contributed by atoms with Crippen molar-refractivity contribution in [3.8, 4) is 11.4 Å². The summed E-state index contributed by atoms with van der Waals surface area (Å²) in [5.74, 6) is 0.405. The SMILES string of the molecule is CCOc1c(Cl)cccc1NC(=O)CCc1cnn(-c2ccccc2)c1.